The highest BCUT2D eigenvalue weighted by Crippen LogP contribution is 2.35. The van der Waals surface area contributed by atoms with E-state index in [0.29, 0.717) is 11.3 Å². The van der Waals surface area contributed by atoms with E-state index in [1.165, 1.54) is 12.1 Å². The zero-order valence-corrected chi connectivity index (χ0v) is 12.6. The fourth-order valence-electron chi connectivity index (χ4n) is 2.14. The molecule has 0 spiro atoms. The van der Waals surface area contributed by atoms with Gasteiger partial charge in [0.15, 0.2) is 11.9 Å². The number of carbonyl (C=O) groups excluding carboxylic acids is 1. The van der Waals surface area contributed by atoms with E-state index in [1.54, 1.807) is 17.8 Å². The standard InChI is InChI=1S/C16H12ClFO2S/c17-11-6-5-10(7-12(11)18)8-13(19)15-9-21-16-4-2-1-3-14(16)20-15/h1-7,15H,8-9H2. The number of Topliss-reactive ketones (excluding diaryl/α,β-unsaturated/α-hetero) is 1. The maximum Gasteiger partial charge on any atom is 0.178 e. The van der Waals surface area contributed by atoms with Crippen molar-refractivity contribution in [3.05, 3.63) is 58.9 Å². The number of hydrogen-bond acceptors (Lipinski definition) is 3. The average Bonchev–Trinajstić information content (AvgIpc) is 2.50. The van der Waals surface area contributed by atoms with Crippen LogP contribution in [-0.4, -0.2) is 17.6 Å². The van der Waals surface area contributed by atoms with Gasteiger partial charge in [0.1, 0.15) is 11.6 Å². The Hall–Kier alpha value is -1.52. The predicted molar refractivity (Wildman–Crippen MR) is 81.7 cm³/mol. The lowest BCUT2D eigenvalue weighted by Crippen LogP contribution is -2.33. The lowest BCUT2D eigenvalue weighted by Gasteiger charge is -2.24. The molecule has 5 heteroatoms. The molecule has 0 radical (unpaired) electrons. The van der Waals surface area contributed by atoms with Crippen molar-refractivity contribution >= 4 is 29.1 Å². The number of carbonyl (C=O) groups is 1. The quantitative estimate of drug-likeness (QED) is 0.849. The van der Waals surface area contributed by atoms with Crippen molar-refractivity contribution < 1.29 is 13.9 Å². The van der Waals surface area contributed by atoms with Gasteiger partial charge in [-0.2, -0.15) is 0 Å². The van der Waals surface area contributed by atoms with Gasteiger partial charge in [0.2, 0.25) is 0 Å². The van der Waals surface area contributed by atoms with Crippen LogP contribution in [0.15, 0.2) is 47.4 Å². The van der Waals surface area contributed by atoms with E-state index < -0.39 is 11.9 Å². The van der Waals surface area contributed by atoms with Crippen molar-refractivity contribution in [3.63, 3.8) is 0 Å². The molecule has 1 atom stereocenters. The molecule has 0 amide bonds. The summed E-state index contributed by atoms with van der Waals surface area (Å²) >= 11 is 7.23. The molecular formula is C16H12ClFO2S. The summed E-state index contributed by atoms with van der Waals surface area (Å²) in [6, 6.07) is 12.1. The van der Waals surface area contributed by atoms with E-state index in [-0.39, 0.29) is 17.2 Å². The van der Waals surface area contributed by atoms with E-state index >= 15 is 0 Å². The Morgan fingerprint density at radius 3 is 2.95 bits per heavy atom. The molecule has 21 heavy (non-hydrogen) atoms. The van der Waals surface area contributed by atoms with Gasteiger partial charge in [0.25, 0.3) is 0 Å². The second-order valence-electron chi connectivity index (χ2n) is 4.76. The molecule has 0 saturated heterocycles. The summed E-state index contributed by atoms with van der Waals surface area (Å²) in [5, 5.41) is 0.0598. The maximum absolute atomic E-state index is 13.4. The molecule has 2 aromatic carbocycles. The smallest absolute Gasteiger partial charge is 0.178 e. The normalized spacial score (nSPS) is 17.0. The monoisotopic (exact) mass is 322 g/mol. The number of halogens is 2. The largest absolute Gasteiger partial charge is 0.481 e. The highest BCUT2D eigenvalue weighted by atomic mass is 35.5. The van der Waals surface area contributed by atoms with Gasteiger partial charge in [0, 0.05) is 17.1 Å². The summed E-state index contributed by atoms with van der Waals surface area (Å²) in [6.45, 7) is 0. The number of hydrogen-bond donors (Lipinski definition) is 0. The Bertz CT molecular complexity index is 690. The molecule has 0 aromatic heterocycles. The minimum atomic E-state index is -0.508. The summed E-state index contributed by atoms with van der Waals surface area (Å²) in [7, 11) is 0. The third-order valence-corrected chi connectivity index (χ3v) is 4.65. The summed E-state index contributed by atoms with van der Waals surface area (Å²) < 4.78 is 19.1. The molecule has 1 unspecified atom stereocenters. The summed E-state index contributed by atoms with van der Waals surface area (Å²) in [6.07, 6.45) is -0.356. The first-order valence-corrected chi connectivity index (χ1v) is 7.85. The van der Waals surface area contributed by atoms with E-state index in [9.17, 15) is 9.18 Å². The van der Waals surface area contributed by atoms with Gasteiger partial charge >= 0.3 is 0 Å². The van der Waals surface area contributed by atoms with Gasteiger partial charge in [-0.15, -0.1) is 11.8 Å². The molecule has 1 aliphatic heterocycles. The first-order valence-electron chi connectivity index (χ1n) is 6.48. The van der Waals surface area contributed by atoms with Crippen LogP contribution >= 0.6 is 23.4 Å². The Morgan fingerprint density at radius 2 is 2.14 bits per heavy atom. The molecule has 0 saturated carbocycles. The fraction of sp³-hybridized carbons (Fsp3) is 0.188. The molecule has 108 valence electrons. The Kier molecular flexibility index (Phi) is 4.17. The molecule has 0 N–H and O–H groups in total. The van der Waals surface area contributed by atoms with Crippen LogP contribution in [0.2, 0.25) is 5.02 Å². The van der Waals surface area contributed by atoms with Crippen LogP contribution in [0.1, 0.15) is 5.56 Å². The lowest BCUT2D eigenvalue weighted by atomic mass is 10.1. The van der Waals surface area contributed by atoms with Crippen molar-refractivity contribution in [1.82, 2.24) is 0 Å². The minimum Gasteiger partial charge on any atom is -0.481 e. The number of rotatable bonds is 3. The Labute approximate surface area is 131 Å². The molecule has 0 fully saturated rings. The van der Waals surface area contributed by atoms with Crippen LogP contribution in [0.4, 0.5) is 4.39 Å². The molecule has 3 rings (SSSR count). The zero-order chi connectivity index (χ0) is 14.8. The second-order valence-corrected chi connectivity index (χ2v) is 6.22. The van der Waals surface area contributed by atoms with Crippen LogP contribution in [0.5, 0.6) is 5.75 Å². The van der Waals surface area contributed by atoms with Gasteiger partial charge in [-0.25, -0.2) is 4.39 Å². The minimum absolute atomic E-state index is 0.0567. The first kappa shape index (κ1) is 14.4. The molecule has 2 nitrogen and oxygen atoms in total. The maximum atomic E-state index is 13.4. The predicted octanol–water partition coefficient (Wildman–Crippen LogP) is 4.14. The lowest BCUT2D eigenvalue weighted by molar-refractivity contribution is -0.124. The van der Waals surface area contributed by atoms with E-state index in [4.69, 9.17) is 16.3 Å². The van der Waals surface area contributed by atoms with E-state index in [2.05, 4.69) is 0 Å². The van der Waals surface area contributed by atoms with Crippen LogP contribution in [0, 0.1) is 5.82 Å². The number of para-hydroxylation sites is 1. The number of ether oxygens (including phenoxy) is 1. The van der Waals surface area contributed by atoms with Crippen molar-refractivity contribution in [2.75, 3.05) is 5.75 Å². The second kappa shape index (κ2) is 6.08. The average molecular weight is 323 g/mol. The fourth-order valence-corrected chi connectivity index (χ4v) is 3.28. The molecule has 0 bridgehead atoms. The Morgan fingerprint density at radius 1 is 1.33 bits per heavy atom. The molecule has 0 aliphatic carbocycles. The summed E-state index contributed by atoms with van der Waals surface area (Å²) in [5.74, 6) is 0.741. The SMILES string of the molecule is O=C(Cc1ccc(Cl)c(F)c1)C1CSc2ccccc2O1. The van der Waals surface area contributed by atoms with E-state index in [1.807, 2.05) is 24.3 Å². The van der Waals surface area contributed by atoms with Gasteiger partial charge in [-0.3, -0.25) is 4.79 Å². The third-order valence-electron chi connectivity index (χ3n) is 3.23. The molecule has 2 aromatic rings. The first-order chi connectivity index (χ1) is 10.1. The van der Waals surface area contributed by atoms with Gasteiger partial charge < -0.3 is 4.74 Å². The third kappa shape index (κ3) is 3.22. The highest BCUT2D eigenvalue weighted by molar-refractivity contribution is 7.99. The molecule has 1 heterocycles. The topological polar surface area (TPSA) is 26.3 Å². The number of benzene rings is 2. The number of fused-ring (bicyclic) bond motifs is 1. The van der Waals surface area contributed by atoms with Gasteiger partial charge in [-0.1, -0.05) is 29.8 Å². The van der Waals surface area contributed by atoms with Gasteiger partial charge in [-0.05, 0) is 29.8 Å². The van der Waals surface area contributed by atoms with Crippen molar-refractivity contribution in [2.24, 2.45) is 0 Å². The molecular weight excluding hydrogens is 311 g/mol. The van der Waals surface area contributed by atoms with Crippen molar-refractivity contribution in [1.29, 1.82) is 0 Å². The molecule has 1 aliphatic rings. The van der Waals surface area contributed by atoms with E-state index in [0.717, 1.165) is 10.6 Å². The Balaban J connectivity index is 1.70. The highest BCUT2D eigenvalue weighted by Gasteiger charge is 2.26. The van der Waals surface area contributed by atoms with Crippen molar-refractivity contribution in [2.45, 2.75) is 17.4 Å². The number of thioether (sulfide) groups is 1. The van der Waals surface area contributed by atoms with Crippen LogP contribution in [0.3, 0.4) is 0 Å². The zero-order valence-electron chi connectivity index (χ0n) is 11.0. The number of ketones is 1. The van der Waals surface area contributed by atoms with Crippen LogP contribution in [0.25, 0.3) is 0 Å². The summed E-state index contributed by atoms with van der Waals surface area (Å²) in [4.78, 5) is 13.3. The van der Waals surface area contributed by atoms with Gasteiger partial charge in [0.05, 0.1) is 5.02 Å². The van der Waals surface area contributed by atoms with Crippen molar-refractivity contribution in [3.8, 4) is 5.75 Å². The summed E-state index contributed by atoms with van der Waals surface area (Å²) in [5.41, 5.74) is 0.606. The van der Waals surface area contributed by atoms with Crippen LogP contribution in [-0.2, 0) is 11.2 Å². The van der Waals surface area contributed by atoms with Crippen LogP contribution < -0.4 is 4.74 Å².